The molecule has 1 fully saturated rings. The summed E-state index contributed by atoms with van der Waals surface area (Å²) in [7, 11) is 0. The van der Waals surface area contributed by atoms with Gasteiger partial charge < -0.3 is 40.2 Å². The van der Waals surface area contributed by atoms with Crippen LogP contribution in [0.4, 0.5) is 0 Å². The van der Waals surface area contributed by atoms with E-state index in [1.165, 1.54) is 12.1 Å². The highest BCUT2D eigenvalue weighted by Crippen LogP contribution is 2.23. The minimum Gasteiger partial charge on any atom is -0.508 e. The third-order valence-electron chi connectivity index (χ3n) is 3.22. The Balaban J connectivity index is 2.02. The molecule has 0 aromatic heterocycles. The molecule has 1 aliphatic heterocycles. The molecule has 0 bridgehead atoms. The molecule has 1 heterocycles. The number of nitrogens with zero attached hydrogens (tertiary/aromatic N) is 1. The van der Waals surface area contributed by atoms with Gasteiger partial charge in [-0.25, -0.2) is 0 Å². The third-order valence-corrected chi connectivity index (χ3v) is 3.22. The van der Waals surface area contributed by atoms with E-state index in [-0.39, 0.29) is 17.1 Å². The summed E-state index contributed by atoms with van der Waals surface area (Å²) in [5.41, 5.74) is 0.238. The topological polar surface area (TPSA) is 152 Å². The quantitative estimate of drug-likeness (QED) is 0.282. The summed E-state index contributed by atoms with van der Waals surface area (Å²) in [5.74, 6) is -0.356. The van der Waals surface area contributed by atoms with Crippen LogP contribution in [-0.4, -0.2) is 74.2 Å². The first kappa shape index (κ1) is 16.5. The van der Waals surface area contributed by atoms with E-state index in [0.29, 0.717) is 0 Å². The molecule has 0 aliphatic carbocycles. The summed E-state index contributed by atoms with van der Waals surface area (Å²) >= 11 is 0. The van der Waals surface area contributed by atoms with Crippen LogP contribution in [0.1, 0.15) is 5.56 Å². The Morgan fingerprint density at radius 2 is 1.86 bits per heavy atom. The van der Waals surface area contributed by atoms with Crippen LogP contribution in [0.25, 0.3) is 0 Å². The predicted octanol–water partition coefficient (Wildman–Crippen LogP) is -1.75. The van der Waals surface area contributed by atoms with Crippen molar-refractivity contribution in [3.8, 4) is 11.5 Å². The molecule has 3 unspecified atom stereocenters. The van der Waals surface area contributed by atoms with Crippen LogP contribution in [0.2, 0.25) is 0 Å². The van der Waals surface area contributed by atoms with Crippen LogP contribution >= 0.6 is 0 Å². The molecule has 0 amide bonds. The maximum absolute atomic E-state index is 9.71. The number of aromatic hydroxyl groups is 2. The molecule has 9 nitrogen and oxygen atoms in total. The van der Waals surface area contributed by atoms with Gasteiger partial charge in [0.15, 0.2) is 0 Å². The highest BCUT2D eigenvalue weighted by molar-refractivity contribution is 5.83. The van der Waals surface area contributed by atoms with Gasteiger partial charge in [0.25, 0.3) is 6.29 Å². The van der Waals surface area contributed by atoms with E-state index in [9.17, 15) is 20.4 Å². The zero-order valence-electron chi connectivity index (χ0n) is 11.4. The van der Waals surface area contributed by atoms with Gasteiger partial charge in [0.2, 0.25) is 0 Å². The molecule has 122 valence electrons. The lowest BCUT2D eigenvalue weighted by molar-refractivity contribution is -0.301. The van der Waals surface area contributed by atoms with Crippen molar-refractivity contribution in [1.82, 2.24) is 0 Å². The van der Waals surface area contributed by atoms with E-state index in [2.05, 4.69) is 5.16 Å². The molecule has 1 aliphatic rings. The van der Waals surface area contributed by atoms with E-state index < -0.39 is 37.3 Å². The summed E-state index contributed by atoms with van der Waals surface area (Å²) in [6, 6.07) is 3.81. The fourth-order valence-corrected chi connectivity index (χ4v) is 1.94. The van der Waals surface area contributed by atoms with Crippen molar-refractivity contribution in [1.29, 1.82) is 0 Å². The first-order chi connectivity index (χ1) is 10.4. The lowest BCUT2D eigenvalue weighted by atomic mass is 9.99. The highest BCUT2D eigenvalue weighted by atomic mass is 16.8. The van der Waals surface area contributed by atoms with Gasteiger partial charge in [0.1, 0.15) is 35.9 Å². The molecule has 0 radical (unpaired) electrons. The smallest absolute Gasteiger partial charge is 0.256 e. The summed E-state index contributed by atoms with van der Waals surface area (Å²) < 4.78 is 5.07. The largest absolute Gasteiger partial charge is 0.508 e. The molecule has 6 N–H and O–H groups in total. The molecular weight excluding hydrogens is 298 g/mol. The minimum absolute atomic E-state index is 0.121. The second kappa shape index (κ2) is 6.90. The lowest BCUT2D eigenvalue weighted by Crippen LogP contribution is -2.58. The lowest BCUT2D eigenvalue weighted by Gasteiger charge is -2.38. The van der Waals surface area contributed by atoms with Crippen molar-refractivity contribution in [2.75, 3.05) is 6.61 Å². The third kappa shape index (κ3) is 3.46. The zero-order valence-corrected chi connectivity index (χ0v) is 11.4. The fourth-order valence-electron chi connectivity index (χ4n) is 1.94. The maximum Gasteiger partial charge on any atom is 0.256 e. The summed E-state index contributed by atoms with van der Waals surface area (Å²) in [5, 5.41) is 60.1. The van der Waals surface area contributed by atoms with E-state index >= 15 is 0 Å². The van der Waals surface area contributed by atoms with Crippen LogP contribution in [0.15, 0.2) is 23.4 Å². The number of phenolic OH excluding ortho intramolecular Hbond substituents is 2. The van der Waals surface area contributed by atoms with Crippen LogP contribution in [-0.2, 0) is 9.57 Å². The zero-order chi connectivity index (χ0) is 16.3. The Bertz CT molecular complexity index is 535. The Kier molecular flexibility index (Phi) is 5.16. The number of rotatable bonds is 4. The van der Waals surface area contributed by atoms with Gasteiger partial charge in [-0.05, 0) is 12.1 Å². The second-order valence-corrected chi connectivity index (χ2v) is 4.78. The van der Waals surface area contributed by atoms with Crippen LogP contribution < -0.4 is 0 Å². The van der Waals surface area contributed by atoms with Crippen molar-refractivity contribution >= 4 is 6.21 Å². The molecule has 22 heavy (non-hydrogen) atoms. The summed E-state index contributed by atoms with van der Waals surface area (Å²) in [4.78, 5) is 4.88. The molecule has 1 aromatic rings. The first-order valence-electron chi connectivity index (χ1n) is 6.45. The molecule has 0 saturated carbocycles. The fraction of sp³-hybridized carbons (Fsp3) is 0.462. The number of aliphatic hydroxyl groups excluding tert-OH is 4. The Morgan fingerprint density at radius 1 is 1.14 bits per heavy atom. The van der Waals surface area contributed by atoms with E-state index in [4.69, 9.17) is 19.8 Å². The van der Waals surface area contributed by atoms with Gasteiger partial charge in [-0.1, -0.05) is 5.16 Å². The molecule has 1 aromatic carbocycles. The van der Waals surface area contributed by atoms with Crippen LogP contribution in [0.3, 0.4) is 0 Å². The number of hydrogen-bond acceptors (Lipinski definition) is 9. The number of oxime groups is 1. The van der Waals surface area contributed by atoms with Gasteiger partial charge >= 0.3 is 0 Å². The van der Waals surface area contributed by atoms with Gasteiger partial charge in [0, 0.05) is 11.6 Å². The van der Waals surface area contributed by atoms with Crippen LogP contribution in [0.5, 0.6) is 11.5 Å². The SMILES string of the molecule is OCC1O[C@@H](O/N=C/c2ccc(O)cc2O)C(O)[C@@H](O)C1O. The van der Waals surface area contributed by atoms with Crippen LogP contribution in [0, 0.1) is 0 Å². The van der Waals surface area contributed by atoms with Crippen molar-refractivity contribution in [3.63, 3.8) is 0 Å². The molecule has 9 heteroatoms. The van der Waals surface area contributed by atoms with E-state index in [1.807, 2.05) is 0 Å². The summed E-state index contributed by atoms with van der Waals surface area (Å²) in [6.07, 6.45) is -6.00. The minimum atomic E-state index is -1.57. The molecule has 0 spiro atoms. The second-order valence-electron chi connectivity index (χ2n) is 4.78. The first-order valence-corrected chi connectivity index (χ1v) is 6.45. The van der Waals surface area contributed by atoms with Gasteiger partial charge in [0.05, 0.1) is 12.8 Å². The number of ether oxygens (including phenoxy) is 1. The normalized spacial score (nSPS) is 32.3. The monoisotopic (exact) mass is 315 g/mol. The van der Waals surface area contributed by atoms with Gasteiger partial charge in [-0.2, -0.15) is 0 Å². The molecular formula is C13H17NO8. The van der Waals surface area contributed by atoms with Gasteiger partial charge in [-0.15, -0.1) is 0 Å². The summed E-state index contributed by atoms with van der Waals surface area (Å²) in [6.45, 7) is -0.576. The predicted molar refractivity (Wildman–Crippen MR) is 72.2 cm³/mol. The Hall–Kier alpha value is -1.91. The average molecular weight is 315 g/mol. The number of hydrogen-bond donors (Lipinski definition) is 6. The maximum atomic E-state index is 9.71. The average Bonchev–Trinajstić information content (AvgIpc) is 2.49. The highest BCUT2D eigenvalue weighted by Gasteiger charge is 2.44. The number of phenols is 2. The van der Waals surface area contributed by atoms with Crippen molar-refractivity contribution in [2.24, 2.45) is 5.16 Å². The van der Waals surface area contributed by atoms with Crippen molar-refractivity contribution in [2.45, 2.75) is 30.7 Å². The number of benzene rings is 1. The molecule has 1 saturated heterocycles. The molecule has 2 rings (SSSR count). The van der Waals surface area contributed by atoms with Crippen molar-refractivity contribution in [3.05, 3.63) is 23.8 Å². The van der Waals surface area contributed by atoms with Gasteiger partial charge in [-0.3, -0.25) is 0 Å². The Morgan fingerprint density at radius 3 is 2.50 bits per heavy atom. The number of aliphatic hydroxyl groups is 4. The van der Waals surface area contributed by atoms with E-state index in [1.54, 1.807) is 0 Å². The molecule has 5 atom stereocenters. The van der Waals surface area contributed by atoms with E-state index in [0.717, 1.165) is 12.3 Å². The van der Waals surface area contributed by atoms with Crippen molar-refractivity contribution < 1.29 is 40.2 Å². The standard InChI is InChI=1S/C13H17NO8/c15-5-9-10(18)11(19)12(20)13(21-9)22-14-4-6-1-2-7(16)3-8(6)17/h1-4,9-13,15-20H,5H2/b14-4+/t9?,10?,11-,12?,13-/m0/s1. The Labute approximate surface area is 125 Å².